The zero-order valence-corrected chi connectivity index (χ0v) is 10.9. The number of aryl methyl sites for hydroxylation is 1. The molecule has 0 aromatic carbocycles. The monoisotopic (exact) mass is 245 g/mol. The maximum Gasteiger partial charge on any atom is 0.220 e. The lowest BCUT2D eigenvalue weighted by Crippen LogP contribution is -2.22. The lowest BCUT2D eigenvalue weighted by atomic mass is 10.2. The highest BCUT2D eigenvalue weighted by molar-refractivity contribution is 5.75. The molecule has 0 aliphatic rings. The topological polar surface area (TPSA) is 46.4 Å². The van der Waals surface area contributed by atoms with E-state index in [4.69, 9.17) is 0 Å². The van der Waals surface area contributed by atoms with Gasteiger partial charge in [-0.1, -0.05) is 19.4 Å². The van der Waals surface area contributed by atoms with Gasteiger partial charge in [-0.3, -0.25) is 4.79 Å². The predicted octanol–water partition coefficient (Wildman–Crippen LogP) is 2.45. The number of fused-ring (bicyclic) bond motifs is 1. The van der Waals surface area contributed by atoms with Crippen LogP contribution >= 0.6 is 0 Å². The van der Waals surface area contributed by atoms with Gasteiger partial charge < -0.3 is 9.72 Å². The molecule has 0 saturated heterocycles. The zero-order chi connectivity index (χ0) is 13.0. The van der Waals surface area contributed by atoms with Gasteiger partial charge in [0.2, 0.25) is 5.91 Å². The third-order valence-electron chi connectivity index (χ3n) is 2.95. The first kappa shape index (κ1) is 12.6. The van der Waals surface area contributed by atoms with Gasteiger partial charge in [0, 0.05) is 18.8 Å². The van der Waals surface area contributed by atoms with Gasteiger partial charge in [0.1, 0.15) is 5.65 Å². The van der Waals surface area contributed by atoms with E-state index in [1.165, 1.54) is 0 Å². The van der Waals surface area contributed by atoms with Crippen LogP contribution in [0.4, 0.5) is 0 Å². The summed E-state index contributed by atoms with van der Waals surface area (Å²) in [6, 6.07) is 4.03. The summed E-state index contributed by atoms with van der Waals surface area (Å²) in [6.45, 7) is 4.62. The molecule has 0 fully saturated rings. The summed E-state index contributed by atoms with van der Waals surface area (Å²) in [7, 11) is 0. The van der Waals surface area contributed by atoms with E-state index in [0.29, 0.717) is 13.0 Å². The molecule has 1 N–H and O–H groups in total. The summed E-state index contributed by atoms with van der Waals surface area (Å²) >= 11 is 0. The molecule has 2 rings (SSSR count). The van der Waals surface area contributed by atoms with E-state index in [-0.39, 0.29) is 5.91 Å². The van der Waals surface area contributed by atoms with Crippen LogP contribution < -0.4 is 5.32 Å². The average molecular weight is 245 g/mol. The minimum atomic E-state index is 0.102. The molecule has 1 amide bonds. The molecule has 96 valence electrons. The van der Waals surface area contributed by atoms with E-state index in [1.807, 2.05) is 35.9 Å². The Kier molecular flexibility index (Phi) is 3.97. The second-order valence-electron chi connectivity index (χ2n) is 4.53. The van der Waals surface area contributed by atoms with Crippen LogP contribution in [0.5, 0.6) is 0 Å². The molecule has 2 aromatic heterocycles. The summed E-state index contributed by atoms with van der Waals surface area (Å²) < 4.78 is 1.99. The van der Waals surface area contributed by atoms with Crippen LogP contribution in [-0.4, -0.2) is 15.3 Å². The number of rotatable bonds is 5. The Morgan fingerprint density at radius 1 is 1.50 bits per heavy atom. The number of imidazole rings is 1. The van der Waals surface area contributed by atoms with Crippen molar-refractivity contribution in [1.29, 1.82) is 0 Å². The first-order valence-corrected chi connectivity index (χ1v) is 6.40. The highest BCUT2D eigenvalue weighted by Crippen LogP contribution is 2.09. The smallest absolute Gasteiger partial charge is 0.220 e. The molecule has 2 aromatic rings. The molecular weight excluding hydrogens is 226 g/mol. The predicted molar refractivity (Wildman–Crippen MR) is 71.3 cm³/mol. The molecular formula is C14H19N3O. The van der Waals surface area contributed by atoms with Gasteiger partial charge in [-0.15, -0.1) is 0 Å². The summed E-state index contributed by atoms with van der Waals surface area (Å²) in [5.74, 6) is 0.102. The Balaban J connectivity index is 2.00. The van der Waals surface area contributed by atoms with Crippen molar-refractivity contribution in [2.75, 3.05) is 0 Å². The highest BCUT2D eigenvalue weighted by Gasteiger charge is 2.05. The maximum absolute atomic E-state index is 11.5. The Morgan fingerprint density at radius 3 is 3.06 bits per heavy atom. The molecule has 0 aliphatic carbocycles. The Morgan fingerprint density at radius 2 is 2.33 bits per heavy atom. The molecule has 0 radical (unpaired) electrons. The van der Waals surface area contributed by atoms with Crippen molar-refractivity contribution in [2.24, 2.45) is 0 Å². The summed E-state index contributed by atoms with van der Waals surface area (Å²) in [6.07, 6.45) is 6.51. The molecule has 4 heteroatoms. The van der Waals surface area contributed by atoms with Gasteiger partial charge >= 0.3 is 0 Å². The molecule has 0 unspecified atom stereocenters. The highest BCUT2D eigenvalue weighted by atomic mass is 16.1. The van der Waals surface area contributed by atoms with Crippen molar-refractivity contribution < 1.29 is 4.79 Å². The van der Waals surface area contributed by atoms with Gasteiger partial charge in [0.15, 0.2) is 0 Å². The normalized spacial score (nSPS) is 10.8. The molecule has 0 saturated carbocycles. The Hall–Kier alpha value is -1.84. The molecule has 0 atom stereocenters. The van der Waals surface area contributed by atoms with Crippen LogP contribution in [0.25, 0.3) is 5.65 Å². The fourth-order valence-corrected chi connectivity index (χ4v) is 1.90. The summed E-state index contributed by atoms with van der Waals surface area (Å²) in [5.41, 5.74) is 2.99. The van der Waals surface area contributed by atoms with Crippen molar-refractivity contribution in [2.45, 2.75) is 39.7 Å². The number of aromatic nitrogens is 2. The summed E-state index contributed by atoms with van der Waals surface area (Å²) in [5, 5.41) is 2.90. The fourth-order valence-electron chi connectivity index (χ4n) is 1.90. The van der Waals surface area contributed by atoms with E-state index >= 15 is 0 Å². The number of carbonyl (C=O) groups excluding carboxylic acids is 1. The van der Waals surface area contributed by atoms with E-state index < -0.39 is 0 Å². The minimum absolute atomic E-state index is 0.102. The van der Waals surface area contributed by atoms with Gasteiger partial charge in [0.25, 0.3) is 0 Å². The van der Waals surface area contributed by atoms with E-state index in [2.05, 4.69) is 17.2 Å². The van der Waals surface area contributed by atoms with Crippen LogP contribution in [0.3, 0.4) is 0 Å². The standard InChI is InChI=1S/C14H19N3O/c1-3-4-7-13(18)15-9-12-10-17-8-5-6-11(2)14(17)16-12/h5-6,8,10H,3-4,7,9H2,1-2H3,(H,15,18). The Bertz CT molecular complexity index is 545. The first-order valence-electron chi connectivity index (χ1n) is 6.40. The molecule has 0 aliphatic heterocycles. The average Bonchev–Trinajstić information content (AvgIpc) is 2.78. The third kappa shape index (κ3) is 2.88. The second-order valence-corrected chi connectivity index (χ2v) is 4.53. The Labute approximate surface area is 107 Å². The number of unbranched alkanes of at least 4 members (excludes halogenated alkanes) is 1. The number of pyridine rings is 1. The van der Waals surface area contributed by atoms with Crippen LogP contribution in [-0.2, 0) is 11.3 Å². The number of carbonyl (C=O) groups is 1. The van der Waals surface area contributed by atoms with E-state index in [1.54, 1.807) is 0 Å². The van der Waals surface area contributed by atoms with E-state index in [9.17, 15) is 4.79 Å². The second kappa shape index (κ2) is 5.67. The van der Waals surface area contributed by atoms with Crippen LogP contribution in [0.1, 0.15) is 37.4 Å². The van der Waals surface area contributed by atoms with Crippen molar-refractivity contribution in [3.63, 3.8) is 0 Å². The number of hydrogen-bond acceptors (Lipinski definition) is 2. The quantitative estimate of drug-likeness (QED) is 0.879. The molecule has 2 heterocycles. The van der Waals surface area contributed by atoms with Gasteiger partial charge in [0.05, 0.1) is 12.2 Å². The molecule has 0 spiro atoms. The van der Waals surface area contributed by atoms with Gasteiger partial charge in [-0.2, -0.15) is 0 Å². The number of nitrogens with one attached hydrogen (secondary N) is 1. The van der Waals surface area contributed by atoms with Gasteiger partial charge in [-0.25, -0.2) is 4.98 Å². The first-order chi connectivity index (χ1) is 8.70. The molecule has 18 heavy (non-hydrogen) atoms. The molecule has 4 nitrogen and oxygen atoms in total. The number of nitrogens with zero attached hydrogens (tertiary/aromatic N) is 2. The lowest BCUT2D eigenvalue weighted by Gasteiger charge is -2.01. The van der Waals surface area contributed by atoms with Crippen LogP contribution in [0, 0.1) is 6.92 Å². The SMILES string of the molecule is CCCCC(=O)NCc1cn2cccc(C)c2n1. The lowest BCUT2D eigenvalue weighted by molar-refractivity contribution is -0.121. The number of amides is 1. The van der Waals surface area contributed by atoms with Gasteiger partial charge in [-0.05, 0) is 25.0 Å². The fraction of sp³-hybridized carbons (Fsp3) is 0.429. The zero-order valence-electron chi connectivity index (χ0n) is 10.9. The minimum Gasteiger partial charge on any atom is -0.350 e. The largest absolute Gasteiger partial charge is 0.350 e. The molecule has 0 bridgehead atoms. The van der Waals surface area contributed by atoms with Crippen molar-refractivity contribution in [3.8, 4) is 0 Å². The third-order valence-corrected chi connectivity index (χ3v) is 2.95. The van der Waals surface area contributed by atoms with Crippen LogP contribution in [0.15, 0.2) is 24.5 Å². The van der Waals surface area contributed by atoms with Crippen molar-refractivity contribution in [1.82, 2.24) is 14.7 Å². The van der Waals surface area contributed by atoms with Crippen molar-refractivity contribution >= 4 is 11.6 Å². The maximum atomic E-state index is 11.5. The number of hydrogen-bond donors (Lipinski definition) is 1. The van der Waals surface area contributed by atoms with Crippen molar-refractivity contribution in [3.05, 3.63) is 35.8 Å². The van der Waals surface area contributed by atoms with E-state index in [0.717, 1.165) is 29.7 Å². The summed E-state index contributed by atoms with van der Waals surface area (Å²) in [4.78, 5) is 16.0. The van der Waals surface area contributed by atoms with Crippen LogP contribution in [0.2, 0.25) is 0 Å².